The summed E-state index contributed by atoms with van der Waals surface area (Å²) in [7, 11) is 4.51. The number of aromatic hydroxyl groups is 2. The van der Waals surface area contributed by atoms with Crippen molar-refractivity contribution in [3.05, 3.63) is 36.4 Å². The Hall–Kier alpha value is -3.15. The van der Waals surface area contributed by atoms with Crippen molar-refractivity contribution in [1.29, 1.82) is 0 Å². The van der Waals surface area contributed by atoms with E-state index in [0.29, 0.717) is 39.5 Å². The molecule has 1 aromatic heterocycles. The second kappa shape index (κ2) is 6.16. The highest BCUT2D eigenvalue weighted by molar-refractivity contribution is 5.88. The number of hydrogen-bond acceptors (Lipinski definition) is 5. The number of ether oxygens (including phenoxy) is 3. The van der Waals surface area contributed by atoms with Crippen molar-refractivity contribution >= 4 is 11.0 Å². The van der Waals surface area contributed by atoms with Crippen LogP contribution in [-0.4, -0.2) is 31.5 Å². The molecule has 0 aliphatic carbocycles. The smallest absolute Gasteiger partial charge is 0.402 e. The number of fused-ring (bicyclic) bond motifs is 1. The highest BCUT2D eigenvalue weighted by atomic mass is 16.5. The van der Waals surface area contributed by atoms with Crippen LogP contribution in [0.1, 0.15) is 0 Å². The van der Waals surface area contributed by atoms with Crippen LogP contribution in [0.4, 0.5) is 0 Å². The van der Waals surface area contributed by atoms with Crippen molar-refractivity contribution in [3.8, 4) is 40.1 Å². The molecular weight excluding hydrogens is 312 g/mol. The summed E-state index contributed by atoms with van der Waals surface area (Å²) < 4.78 is 21.8. The number of methoxy groups -OCH3 is 3. The second-order valence-electron chi connectivity index (χ2n) is 5.09. The molecule has 24 heavy (non-hydrogen) atoms. The maximum absolute atomic E-state index is 9.82. The molecule has 3 aromatic rings. The van der Waals surface area contributed by atoms with Crippen LogP contribution in [0.3, 0.4) is 0 Å². The number of phenols is 2. The summed E-state index contributed by atoms with van der Waals surface area (Å²) in [4.78, 5) is 0. The van der Waals surface area contributed by atoms with Gasteiger partial charge in [0, 0.05) is 18.2 Å². The first-order chi connectivity index (χ1) is 11.6. The summed E-state index contributed by atoms with van der Waals surface area (Å²) in [5, 5.41) is 20.2. The summed E-state index contributed by atoms with van der Waals surface area (Å²) >= 11 is 0. The van der Waals surface area contributed by atoms with E-state index in [9.17, 15) is 10.2 Å². The Morgan fingerprint density at radius 3 is 2.17 bits per heavy atom. The summed E-state index contributed by atoms with van der Waals surface area (Å²) in [5.74, 6) is 1.78. The van der Waals surface area contributed by atoms with Gasteiger partial charge in [-0.15, -0.1) is 0 Å². The highest BCUT2D eigenvalue weighted by Gasteiger charge is 2.26. The largest absolute Gasteiger partial charge is 0.507 e. The van der Waals surface area contributed by atoms with Gasteiger partial charge in [0.15, 0.2) is 11.5 Å². The molecule has 0 aliphatic heterocycles. The van der Waals surface area contributed by atoms with E-state index in [2.05, 4.69) is 0 Å². The van der Waals surface area contributed by atoms with E-state index in [1.165, 1.54) is 39.5 Å². The molecule has 0 atom stereocenters. The Morgan fingerprint density at radius 1 is 0.792 bits per heavy atom. The van der Waals surface area contributed by atoms with Crippen LogP contribution in [0.25, 0.3) is 22.3 Å². The van der Waals surface area contributed by atoms with Gasteiger partial charge in [-0.05, 0) is 12.1 Å². The van der Waals surface area contributed by atoms with Crippen LogP contribution < -0.4 is 14.2 Å². The van der Waals surface area contributed by atoms with E-state index in [1.807, 2.05) is 0 Å². The molecule has 0 fully saturated rings. The van der Waals surface area contributed by atoms with E-state index in [1.54, 1.807) is 18.2 Å². The Labute approximate surface area is 138 Å². The molecule has 0 saturated heterocycles. The Balaban J connectivity index is 2.27. The van der Waals surface area contributed by atoms with Gasteiger partial charge in [0.05, 0.1) is 33.0 Å². The molecule has 0 aliphatic rings. The third-order valence-corrected chi connectivity index (χ3v) is 3.68. The van der Waals surface area contributed by atoms with E-state index in [4.69, 9.17) is 18.6 Å². The van der Waals surface area contributed by atoms with Crippen molar-refractivity contribution in [2.45, 2.75) is 0 Å². The predicted molar refractivity (Wildman–Crippen MR) is 89.0 cm³/mol. The zero-order valence-electron chi connectivity index (χ0n) is 13.5. The fourth-order valence-electron chi connectivity index (χ4n) is 2.51. The minimum atomic E-state index is 0.0281. The molecule has 6 heteroatoms. The standard InChI is InChI=1S/C18H16O6/c1-21-14-7-11(19)8-15-12(14)9-17(23-3)18(24-15)10-4-5-13(20)16(6-10)22-2/h4-9H,1-3H3,(H-,19,20)/p+1. The Morgan fingerprint density at radius 2 is 1.50 bits per heavy atom. The van der Waals surface area contributed by atoms with Gasteiger partial charge in [0.2, 0.25) is 5.75 Å². The fraction of sp³-hybridized carbons (Fsp3) is 0.167. The fourth-order valence-corrected chi connectivity index (χ4v) is 2.51. The normalized spacial score (nSPS) is 10.6. The number of rotatable bonds is 4. The van der Waals surface area contributed by atoms with Crippen LogP contribution in [0.2, 0.25) is 0 Å². The summed E-state index contributed by atoms with van der Waals surface area (Å²) in [5.41, 5.74) is 1.10. The van der Waals surface area contributed by atoms with Crippen LogP contribution in [0.15, 0.2) is 40.8 Å². The molecule has 0 spiro atoms. The lowest BCUT2D eigenvalue weighted by Gasteiger charge is -2.06. The summed E-state index contributed by atoms with van der Waals surface area (Å²) in [6, 6.07) is 9.61. The average Bonchev–Trinajstić information content (AvgIpc) is 2.60. The maximum atomic E-state index is 9.82. The maximum Gasteiger partial charge on any atom is 0.402 e. The van der Waals surface area contributed by atoms with Gasteiger partial charge in [0.25, 0.3) is 0 Å². The monoisotopic (exact) mass is 329 g/mol. The third kappa shape index (κ3) is 2.62. The van der Waals surface area contributed by atoms with E-state index < -0.39 is 0 Å². The minimum absolute atomic E-state index is 0.0281. The molecular formula is C18H17O6+. The molecule has 0 bridgehead atoms. The summed E-state index contributed by atoms with van der Waals surface area (Å²) in [6.45, 7) is 0. The first-order valence-electron chi connectivity index (χ1n) is 7.16. The number of benzene rings is 2. The van der Waals surface area contributed by atoms with E-state index in [0.717, 1.165) is 0 Å². The van der Waals surface area contributed by atoms with Crippen LogP contribution in [0, 0.1) is 0 Å². The SMILES string of the molecule is COc1cc(-c2[o+]c3cc(O)cc(OC)c3cc2OC)ccc1O. The minimum Gasteiger partial charge on any atom is -0.507 e. The Bertz CT molecular complexity index is 904. The molecule has 2 aromatic carbocycles. The van der Waals surface area contributed by atoms with Crippen LogP contribution in [0.5, 0.6) is 28.7 Å². The molecule has 124 valence electrons. The first kappa shape index (κ1) is 15.7. The number of hydrogen-bond donors (Lipinski definition) is 2. The molecule has 2 N–H and O–H groups in total. The van der Waals surface area contributed by atoms with Gasteiger partial charge in [-0.25, -0.2) is 4.42 Å². The van der Waals surface area contributed by atoms with Crippen LogP contribution >= 0.6 is 0 Å². The van der Waals surface area contributed by atoms with Crippen molar-refractivity contribution in [2.24, 2.45) is 0 Å². The molecule has 1 heterocycles. The van der Waals surface area contributed by atoms with Crippen LogP contribution in [-0.2, 0) is 0 Å². The molecule has 6 nitrogen and oxygen atoms in total. The number of phenolic OH excluding ortho intramolecular Hbond substituents is 2. The Kier molecular flexibility index (Phi) is 4.04. The van der Waals surface area contributed by atoms with Gasteiger partial charge in [-0.3, -0.25) is 0 Å². The van der Waals surface area contributed by atoms with Gasteiger partial charge in [-0.2, -0.15) is 0 Å². The lowest BCUT2D eigenvalue weighted by molar-refractivity contribution is 0.373. The van der Waals surface area contributed by atoms with Gasteiger partial charge >= 0.3 is 11.3 Å². The van der Waals surface area contributed by atoms with Gasteiger partial charge in [-0.1, -0.05) is 0 Å². The molecule has 0 radical (unpaired) electrons. The predicted octanol–water partition coefficient (Wildman–Crippen LogP) is 3.82. The topological polar surface area (TPSA) is 79.5 Å². The van der Waals surface area contributed by atoms with Gasteiger partial charge < -0.3 is 24.4 Å². The first-order valence-corrected chi connectivity index (χ1v) is 7.16. The third-order valence-electron chi connectivity index (χ3n) is 3.68. The lowest BCUT2D eigenvalue weighted by atomic mass is 10.1. The average molecular weight is 329 g/mol. The lowest BCUT2D eigenvalue weighted by Crippen LogP contribution is -1.92. The zero-order valence-corrected chi connectivity index (χ0v) is 13.5. The summed E-state index contributed by atoms with van der Waals surface area (Å²) in [6.07, 6.45) is 0. The van der Waals surface area contributed by atoms with Crippen molar-refractivity contribution in [1.82, 2.24) is 0 Å². The zero-order chi connectivity index (χ0) is 17.3. The second-order valence-corrected chi connectivity index (χ2v) is 5.09. The molecule has 3 rings (SSSR count). The van der Waals surface area contributed by atoms with Gasteiger partial charge in [0.1, 0.15) is 16.9 Å². The van der Waals surface area contributed by atoms with Crippen molar-refractivity contribution in [2.75, 3.05) is 21.3 Å². The molecule has 0 unspecified atom stereocenters. The molecule has 0 saturated carbocycles. The molecule has 0 amide bonds. The highest BCUT2D eigenvalue weighted by Crippen LogP contribution is 2.41. The van der Waals surface area contributed by atoms with E-state index in [-0.39, 0.29) is 11.5 Å². The van der Waals surface area contributed by atoms with Crippen molar-refractivity contribution in [3.63, 3.8) is 0 Å². The quantitative estimate of drug-likeness (QED) is 0.708. The van der Waals surface area contributed by atoms with E-state index >= 15 is 0 Å². The van der Waals surface area contributed by atoms with Crippen molar-refractivity contribution < 1.29 is 28.8 Å².